The van der Waals surface area contributed by atoms with Gasteiger partial charge in [0, 0.05) is 37.1 Å². The molecular weight excluding hydrogens is 398 g/mol. The second-order valence-electron chi connectivity index (χ2n) is 8.35. The van der Waals surface area contributed by atoms with Crippen LogP contribution >= 0.6 is 0 Å². The van der Waals surface area contributed by atoms with Crippen LogP contribution in [0.25, 0.3) is 0 Å². The van der Waals surface area contributed by atoms with E-state index in [4.69, 9.17) is 0 Å². The van der Waals surface area contributed by atoms with E-state index in [1.807, 2.05) is 110 Å². The lowest BCUT2D eigenvalue weighted by Crippen LogP contribution is -2.46. The summed E-state index contributed by atoms with van der Waals surface area (Å²) >= 11 is 0. The van der Waals surface area contributed by atoms with Crippen LogP contribution in [0.2, 0.25) is 0 Å². The zero-order valence-corrected chi connectivity index (χ0v) is 19.5. The third-order valence-corrected chi connectivity index (χ3v) is 6.04. The standard InChI is InChI=1S/C27H33N3O2/c1-5-22(3)30(27(32)25-16-10-9-12-21(25)2)20-26(31)29(18-23-13-7-6-8-14-23)19-24-15-11-17-28(24)4/h6-17,22H,5,18-20H2,1-4H3/t22-/m0/s1. The molecule has 0 saturated carbocycles. The van der Waals surface area contributed by atoms with E-state index in [1.54, 1.807) is 4.90 Å². The lowest BCUT2D eigenvalue weighted by molar-refractivity contribution is -0.133. The Hall–Kier alpha value is -3.34. The van der Waals surface area contributed by atoms with E-state index in [9.17, 15) is 9.59 Å². The maximum atomic E-state index is 13.6. The summed E-state index contributed by atoms with van der Waals surface area (Å²) in [6.45, 7) is 7.02. The van der Waals surface area contributed by atoms with Gasteiger partial charge in [-0.3, -0.25) is 9.59 Å². The fourth-order valence-corrected chi connectivity index (χ4v) is 3.75. The van der Waals surface area contributed by atoms with E-state index in [0.717, 1.165) is 23.2 Å². The van der Waals surface area contributed by atoms with Crippen LogP contribution in [0, 0.1) is 6.92 Å². The molecule has 0 radical (unpaired) electrons. The third kappa shape index (κ3) is 5.67. The summed E-state index contributed by atoms with van der Waals surface area (Å²) < 4.78 is 2.02. The van der Waals surface area contributed by atoms with Crippen LogP contribution in [0.5, 0.6) is 0 Å². The summed E-state index contributed by atoms with van der Waals surface area (Å²) in [7, 11) is 1.98. The molecule has 1 aromatic heterocycles. The number of hydrogen-bond donors (Lipinski definition) is 0. The van der Waals surface area contributed by atoms with Gasteiger partial charge < -0.3 is 14.4 Å². The lowest BCUT2D eigenvalue weighted by atomic mass is 10.1. The van der Waals surface area contributed by atoms with Gasteiger partial charge in [-0.25, -0.2) is 0 Å². The highest BCUT2D eigenvalue weighted by Crippen LogP contribution is 2.17. The van der Waals surface area contributed by atoms with Crippen LogP contribution in [0.15, 0.2) is 72.9 Å². The Morgan fingerprint density at radius 2 is 1.62 bits per heavy atom. The van der Waals surface area contributed by atoms with E-state index in [0.29, 0.717) is 18.7 Å². The molecule has 1 atom stereocenters. The fourth-order valence-electron chi connectivity index (χ4n) is 3.75. The Morgan fingerprint density at radius 1 is 0.938 bits per heavy atom. The first-order valence-corrected chi connectivity index (χ1v) is 11.2. The summed E-state index contributed by atoms with van der Waals surface area (Å²) in [6.07, 6.45) is 2.76. The summed E-state index contributed by atoms with van der Waals surface area (Å²) in [5, 5.41) is 0. The molecule has 1 heterocycles. The van der Waals surface area contributed by atoms with Crippen LogP contribution in [0.4, 0.5) is 0 Å². The summed E-state index contributed by atoms with van der Waals surface area (Å²) in [6, 6.07) is 21.5. The molecule has 0 aliphatic rings. The number of nitrogens with zero attached hydrogens (tertiary/aromatic N) is 3. The molecule has 0 aliphatic heterocycles. The van der Waals surface area contributed by atoms with Crippen molar-refractivity contribution in [2.45, 2.75) is 46.3 Å². The van der Waals surface area contributed by atoms with E-state index in [-0.39, 0.29) is 24.4 Å². The van der Waals surface area contributed by atoms with E-state index >= 15 is 0 Å². The van der Waals surface area contributed by atoms with Gasteiger partial charge in [-0.1, -0.05) is 55.5 Å². The number of rotatable bonds is 9. The molecule has 0 spiro atoms. The SMILES string of the molecule is CC[C@H](C)N(CC(=O)N(Cc1ccccc1)Cc1cccn1C)C(=O)c1ccccc1C. The second-order valence-corrected chi connectivity index (χ2v) is 8.35. The maximum Gasteiger partial charge on any atom is 0.254 e. The van der Waals surface area contributed by atoms with Crippen molar-refractivity contribution >= 4 is 11.8 Å². The molecule has 0 aliphatic carbocycles. The van der Waals surface area contributed by atoms with Gasteiger partial charge in [-0.15, -0.1) is 0 Å². The molecule has 2 aromatic carbocycles. The largest absolute Gasteiger partial charge is 0.353 e. The van der Waals surface area contributed by atoms with Crippen LogP contribution in [-0.4, -0.2) is 38.8 Å². The average Bonchev–Trinajstić information content (AvgIpc) is 3.21. The number of aromatic nitrogens is 1. The van der Waals surface area contributed by atoms with E-state index < -0.39 is 0 Å². The molecule has 0 bridgehead atoms. The van der Waals surface area contributed by atoms with Crippen LogP contribution in [-0.2, 0) is 24.9 Å². The molecule has 5 nitrogen and oxygen atoms in total. The van der Waals surface area contributed by atoms with Gasteiger partial charge in [-0.2, -0.15) is 0 Å². The molecule has 0 fully saturated rings. The number of benzene rings is 2. The van der Waals surface area contributed by atoms with Gasteiger partial charge >= 0.3 is 0 Å². The minimum absolute atomic E-state index is 0.0420. The van der Waals surface area contributed by atoms with Gasteiger partial charge in [0.15, 0.2) is 0 Å². The molecule has 0 N–H and O–H groups in total. The first kappa shape index (κ1) is 23.3. The second kappa shape index (κ2) is 10.8. The third-order valence-electron chi connectivity index (χ3n) is 6.04. The Labute approximate surface area is 191 Å². The van der Waals surface area contributed by atoms with Crippen molar-refractivity contribution < 1.29 is 9.59 Å². The van der Waals surface area contributed by atoms with Crippen molar-refractivity contribution in [2.24, 2.45) is 7.05 Å². The highest BCUT2D eigenvalue weighted by Gasteiger charge is 2.27. The Bertz CT molecular complexity index is 1040. The van der Waals surface area contributed by atoms with Crippen molar-refractivity contribution in [1.29, 1.82) is 0 Å². The zero-order valence-electron chi connectivity index (χ0n) is 19.5. The summed E-state index contributed by atoms with van der Waals surface area (Å²) in [5.41, 5.74) is 3.69. The first-order valence-electron chi connectivity index (χ1n) is 11.2. The Morgan fingerprint density at radius 3 is 2.25 bits per heavy atom. The highest BCUT2D eigenvalue weighted by atomic mass is 16.2. The topological polar surface area (TPSA) is 45.6 Å². The number of aryl methyl sites for hydroxylation is 2. The van der Waals surface area contributed by atoms with Crippen molar-refractivity contribution in [2.75, 3.05) is 6.54 Å². The van der Waals surface area contributed by atoms with E-state index in [1.165, 1.54) is 0 Å². The summed E-state index contributed by atoms with van der Waals surface area (Å²) in [4.78, 5) is 30.5. The number of carbonyl (C=O) groups is 2. The predicted molar refractivity (Wildman–Crippen MR) is 128 cm³/mol. The average molecular weight is 432 g/mol. The Kier molecular flexibility index (Phi) is 7.87. The van der Waals surface area contributed by atoms with Crippen molar-refractivity contribution in [3.63, 3.8) is 0 Å². The minimum Gasteiger partial charge on any atom is -0.353 e. The molecular formula is C27H33N3O2. The zero-order chi connectivity index (χ0) is 23.1. The van der Waals surface area contributed by atoms with Crippen LogP contribution in [0.1, 0.15) is 47.4 Å². The van der Waals surface area contributed by atoms with Crippen molar-refractivity contribution in [3.05, 3.63) is 95.3 Å². The molecule has 3 rings (SSSR count). The summed E-state index contributed by atoms with van der Waals surface area (Å²) in [5.74, 6) is -0.151. The fraction of sp³-hybridized carbons (Fsp3) is 0.333. The number of carbonyl (C=O) groups excluding carboxylic acids is 2. The van der Waals surface area contributed by atoms with Crippen LogP contribution < -0.4 is 0 Å². The van der Waals surface area contributed by atoms with Crippen molar-refractivity contribution in [1.82, 2.24) is 14.4 Å². The molecule has 0 saturated heterocycles. The van der Waals surface area contributed by atoms with E-state index in [2.05, 4.69) is 0 Å². The first-order chi connectivity index (χ1) is 15.4. The van der Waals surface area contributed by atoms with Gasteiger partial charge in [0.2, 0.25) is 5.91 Å². The highest BCUT2D eigenvalue weighted by molar-refractivity contribution is 5.97. The van der Waals surface area contributed by atoms with Crippen LogP contribution in [0.3, 0.4) is 0 Å². The van der Waals surface area contributed by atoms with Gasteiger partial charge in [0.25, 0.3) is 5.91 Å². The number of amides is 2. The maximum absolute atomic E-state index is 13.6. The monoisotopic (exact) mass is 431 g/mol. The molecule has 168 valence electrons. The van der Waals surface area contributed by atoms with Gasteiger partial charge in [-0.05, 0) is 49.6 Å². The van der Waals surface area contributed by atoms with Gasteiger partial charge in [0.1, 0.15) is 6.54 Å². The quantitative estimate of drug-likeness (QED) is 0.488. The predicted octanol–water partition coefficient (Wildman–Crippen LogP) is 4.80. The molecule has 32 heavy (non-hydrogen) atoms. The molecule has 2 amide bonds. The lowest BCUT2D eigenvalue weighted by Gasteiger charge is -2.32. The van der Waals surface area contributed by atoms with Gasteiger partial charge in [0.05, 0.1) is 6.54 Å². The normalized spacial score (nSPS) is 11.8. The minimum atomic E-state index is -0.0932. The Balaban J connectivity index is 1.86. The molecule has 5 heteroatoms. The molecule has 3 aromatic rings. The number of hydrogen-bond acceptors (Lipinski definition) is 2. The molecule has 0 unspecified atom stereocenters. The smallest absolute Gasteiger partial charge is 0.254 e. The van der Waals surface area contributed by atoms with Crippen molar-refractivity contribution in [3.8, 4) is 0 Å².